The van der Waals surface area contributed by atoms with E-state index in [1.807, 2.05) is 30.4 Å². The molecule has 0 bridgehead atoms. The lowest BCUT2D eigenvalue weighted by Gasteiger charge is -2.24. The Bertz CT molecular complexity index is 804. The lowest BCUT2D eigenvalue weighted by molar-refractivity contribution is -0.146. The summed E-state index contributed by atoms with van der Waals surface area (Å²) in [6.45, 7) is 0. The number of carboxylic acid groups (broad SMARTS) is 1. The molecule has 5 nitrogen and oxygen atoms in total. The Labute approximate surface area is 141 Å². The van der Waals surface area contributed by atoms with E-state index >= 15 is 0 Å². The zero-order chi connectivity index (χ0) is 16.4. The summed E-state index contributed by atoms with van der Waals surface area (Å²) in [5.74, 6) is -2.47. The third-order valence-corrected chi connectivity index (χ3v) is 4.75. The number of fused-ring (bicyclic) bond motifs is 1. The van der Waals surface area contributed by atoms with Crippen molar-refractivity contribution in [1.82, 2.24) is 4.98 Å². The highest BCUT2D eigenvalue weighted by Crippen LogP contribution is 2.31. The van der Waals surface area contributed by atoms with E-state index < -0.39 is 17.8 Å². The maximum absolute atomic E-state index is 12.6. The van der Waals surface area contributed by atoms with Crippen molar-refractivity contribution in [2.24, 2.45) is 11.8 Å². The molecule has 0 saturated carbocycles. The Balaban J connectivity index is 1.90. The third-order valence-electron chi connectivity index (χ3n) is 4.06. The molecule has 3 rings (SSSR count). The van der Waals surface area contributed by atoms with Gasteiger partial charge in [-0.1, -0.05) is 34.1 Å². The van der Waals surface area contributed by atoms with Crippen LogP contribution in [0.3, 0.4) is 0 Å². The fourth-order valence-corrected chi connectivity index (χ4v) is 3.29. The summed E-state index contributed by atoms with van der Waals surface area (Å²) in [7, 11) is 0. The molecule has 0 spiro atoms. The van der Waals surface area contributed by atoms with Crippen LogP contribution in [0.15, 0.2) is 47.1 Å². The first-order valence-electron chi connectivity index (χ1n) is 7.30. The van der Waals surface area contributed by atoms with Gasteiger partial charge in [0.25, 0.3) is 0 Å². The Morgan fingerprint density at radius 3 is 2.65 bits per heavy atom. The lowest BCUT2D eigenvalue weighted by Crippen LogP contribution is -2.34. The van der Waals surface area contributed by atoms with Gasteiger partial charge < -0.3 is 10.4 Å². The van der Waals surface area contributed by atoms with Gasteiger partial charge in [-0.25, -0.2) is 0 Å². The predicted octanol–water partition coefficient (Wildman–Crippen LogP) is 3.60. The number of hydrogen-bond acceptors (Lipinski definition) is 3. The number of nitrogens with one attached hydrogen (secondary N) is 1. The minimum Gasteiger partial charge on any atom is -0.481 e. The molecule has 0 radical (unpaired) electrons. The zero-order valence-corrected chi connectivity index (χ0v) is 13.8. The Morgan fingerprint density at radius 1 is 1.17 bits per heavy atom. The van der Waals surface area contributed by atoms with Crippen molar-refractivity contribution in [2.75, 3.05) is 5.32 Å². The number of aromatic nitrogens is 1. The number of carboxylic acids is 1. The van der Waals surface area contributed by atoms with Crippen LogP contribution in [-0.2, 0) is 9.59 Å². The second kappa shape index (κ2) is 6.50. The summed E-state index contributed by atoms with van der Waals surface area (Å²) in [5.41, 5.74) is 1.26. The van der Waals surface area contributed by atoms with E-state index in [4.69, 9.17) is 0 Å². The summed E-state index contributed by atoms with van der Waals surface area (Å²) in [6, 6.07) is 7.34. The summed E-state index contributed by atoms with van der Waals surface area (Å²) < 4.78 is 0.891. The number of nitrogens with zero attached hydrogens (tertiary/aromatic N) is 1. The second-order valence-electron chi connectivity index (χ2n) is 5.48. The predicted molar refractivity (Wildman–Crippen MR) is 91.1 cm³/mol. The fraction of sp³-hybridized carbons (Fsp3) is 0.235. The second-order valence-corrected chi connectivity index (χ2v) is 6.33. The summed E-state index contributed by atoms with van der Waals surface area (Å²) in [4.78, 5) is 28.2. The van der Waals surface area contributed by atoms with Crippen LogP contribution >= 0.6 is 15.9 Å². The van der Waals surface area contributed by atoms with Gasteiger partial charge in [-0.15, -0.1) is 0 Å². The monoisotopic (exact) mass is 374 g/mol. The van der Waals surface area contributed by atoms with Crippen molar-refractivity contribution in [1.29, 1.82) is 0 Å². The number of allylic oxidation sites excluding steroid dienone is 2. The molecule has 118 valence electrons. The largest absolute Gasteiger partial charge is 0.481 e. The number of pyridine rings is 1. The number of aliphatic carboxylic acids is 1. The van der Waals surface area contributed by atoms with E-state index in [1.54, 1.807) is 12.3 Å². The highest BCUT2D eigenvalue weighted by Gasteiger charge is 2.34. The topological polar surface area (TPSA) is 79.3 Å². The normalized spacial score (nSPS) is 20.4. The highest BCUT2D eigenvalue weighted by atomic mass is 79.9. The van der Waals surface area contributed by atoms with Crippen LogP contribution in [0.1, 0.15) is 12.8 Å². The smallest absolute Gasteiger partial charge is 0.307 e. The number of carbonyl (C=O) groups excluding carboxylic acids is 1. The van der Waals surface area contributed by atoms with Gasteiger partial charge in [0.15, 0.2) is 0 Å². The molecule has 1 aliphatic carbocycles. The van der Waals surface area contributed by atoms with Gasteiger partial charge in [0.05, 0.1) is 23.0 Å². The number of benzene rings is 1. The standard InChI is InChI=1S/C17H15BrN2O3/c18-13-7-8-14(15-12(13)6-3-9-19-15)20-16(21)10-4-1-2-5-11(10)17(22)23/h1-3,6-11H,4-5H2,(H,20,21)(H,22,23)/t10-,11+/m1/s1. The SMILES string of the molecule is O=C(O)[C@H]1CC=CC[C@H]1C(=O)Nc1ccc(Br)c2cccnc12. The van der Waals surface area contributed by atoms with Crippen molar-refractivity contribution in [3.05, 3.63) is 47.1 Å². The summed E-state index contributed by atoms with van der Waals surface area (Å²) in [5, 5.41) is 13.0. The van der Waals surface area contributed by atoms with Gasteiger partial charge >= 0.3 is 5.97 Å². The van der Waals surface area contributed by atoms with Crippen molar-refractivity contribution >= 4 is 44.4 Å². The first kappa shape index (κ1) is 15.7. The molecule has 0 fully saturated rings. The van der Waals surface area contributed by atoms with Gasteiger partial charge in [-0.05, 0) is 31.0 Å². The third kappa shape index (κ3) is 3.12. The maximum atomic E-state index is 12.6. The Morgan fingerprint density at radius 2 is 1.91 bits per heavy atom. The minimum atomic E-state index is -0.937. The summed E-state index contributed by atoms with van der Waals surface area (Å²) >= 11 is 3.46. The van der Waals surface area contributed by atoms with E-state index in [2.05, 4.69) is 26.2 Å². The number of carbonyl (C=O) groups is 2. The van der Waals surface area contributed by atoms with E-state index in [-0.39, 0.29) is 5.91 Å². The summed E-state index contributed by atoms with van der Waals surface area (Å²) in [6.07, 6.45) is 6.16. The molecular weight excluding hydrogens is 360 g/mol. The van der Waals surface area contributed by atoms with Crippen molar-refractivity contribution in [3.63, 3.8) is 0 Å². The molecule has 1 aromatic carbocycles. The molecule has 1 amide bonds. The van der Waals surface area contributed by atoms with Crippen molar-refractivity contribution in [2.45, 2.75) is 12.8 Å². The fourth-order valence-electron chi connectivity index (χ4n) is 2.84. The Hall–Kier alpha value is -2.21. The maximum Gasteiger partial charge on any atom is 0.307 e. The molecule has 2 aromatic rings. The molecule has 6 heteroatoms. The van der Waals surface area contributed by atoms with Gasteiger partial charge in [-0.2, -0.15) is 0 Å². The molecule has 1 heterocycles. The minimum absolute atomic E-state index is 0.281. The molecule has 1 aliphatic rings. The molecule has 0 saturated heterocycles. The van der Waals surface area contributed by atoms with Crippen LogP contribution in [0.5, 0.6) is 0 Å². The number of hydrogen-bond donors (Lipinski definition) is 2. The van der Waals surface area contributed by atoms with Crippen LogP contribution in [0, 0.1) is 11.8 Å². The number of rotatable bonds is 3. The zero-order valence-electron chi connectivity index (χ0n) is 12.2. The van der Waals surface area contributed by atoms with E-state index in [0.29, 0.717) is 24.0 Å². The highest BCUT2D eigenvalue weighted by molar-refractivity contribution is 9.10. The molecule has 0 aliphatic heterocycles. The van der Waals surface area contributed by atoms with E-state index in [1.165, 1.54) is 0 Å². The molecule has 2 atom stereocenters. The molecule has 1 aromatic heterocycles. The molecular formula is C17H15BrN2O3. The Kier molecular flexibility index (Phi) is 4.43. The first-order valence-corrected chi connectivity index (χ1v) is 8.09. The van der Waals surface area contributed by atoms with Gasteiger partial charge in [0, 0.05) is 16.1 Å². The molecule has 23 heavy (non-hydrogen) atoms. The van der Waals surface area contributed by atoms with Gasteiger partial charge in [0.1, 0.15) is 0 Å². The quantitative estimate of drug-likeness (QED) is 0.804. The van der Waals surface area contributed by atoms with Crippen LogP contribution in [0.25, 0.3) is 10.9 Å². The average molecular weight is 375 g/mol. The van der Waals surface area contributed by atoms with Crippen molar-refractivity contribution < 1.29 is 14.7 Å². The molecule has 2 N–H and O–H groups in total. The van der Waals surface area contributed by atoms with Crippen LogP contribution < -0.4 is 5.32 Å². The number of anilines is 1. The lowest BCUT2D eigenvalue weighted by atomic mass is 9.82. The van der Waals surface area contributed by atoms with Crippen LogP contribution in [0.4, 0.5) is 5.69 Å². The first-order chi connectivity index (χ1) is 11.1. The number of amides is 1. The van der Waals surface area contributed by atoms with Crippen LogP contribution in [0.2, 0.25) is 0 Å². The van der Waals surface area contributed by atoms with Gasteiger partial charge in [-0.3, -0.25) is 14.6 Å². The van der Waals surface area contributed by atoms with E-state index in [9.17, 15) is 14.7 Å². The van der Waals surface area contributed by atoms with Crippen LogP contribution in [-0.4, -0.2) is 22.0 Å². The molecule has 0 unspecified atom stereocenters. The average Bonchev–Trinajstić information content (AvgIpc) is 2.57. The number of halogens is 1. The van der Waals surface area contributed by atoms with Crippen molar-refractivity contribution in [3.8, 4) is 0 Å². The van der Waals surface area contributed by atoms with Gasteiger partial charge in [0.2, 0.25) is 5.91 Å². The van der Waals surface area contributed by atoms with E-state index in [0.717, 1.165) is 9.86 Å².